The molecule has 1 rings (SSSR count). The van der Waals surface area contributed by atoms with E-state index >= 15 is 0 Å². The van der Waals surface area contributed by atoms with Crippen molar-refractivity contribution in [3.8, 4) is 0 Å². The first-order valence-corrected chi connectivity index (χ1v) is 3.88. The van der Waals surface area contributed by atoms with Crippen LogP contribution in [0.3, 0.4) is 0 Å². The number of nitrogens with zero attached hydrogens (tertiary/aromatic N) is 1. The van der Waals surface area contributed by atoms with Gasteiger partial charge in [-0.1, -0.05) is 6.92 Å². The van der Waals surface area contributed by atoms with E-state index in [1.165, 1.54) is 0 Å². The molecule has 0 aromatic heterocycles. The number of hydrogen-bond donors (Lipinski definition) is 0. The number of ketones is 1. The van der Waals surface area contributed by atoms with Crippen LogP contribution in [-0.2, 0) is 4.79 Å². The summed E-state index contributed by atoms with van der Waals surface area (Å²) >= 11 is 0. The molecule has 0 N–H and O–H groups in total. The number of carbonyl (C=O) groups excluding carboxylic acids is 1. The summed E-state index contributed by atoms with van der Waals surface area (Å²) in [5, 5.41) is 0. The molecule has 1 aliphatic rings. The van der Waals surface area contributed by atoms with Crippen molar-refractivity contribution in [3.05, 3.63) is 0 Å². The Morgan fingerprint density at radius 2 is 2.20 bits per heavy atom. The van der Waals surface area contributed by atoms with Crippen LogP contribution in [0.5, 0.6) is 0 Å². The number of carbonyl (C=O) groups is 1. The van der Waals surface area contributed by atoms with E-state index in [0.29, 0.717) is 18.4 Å². The third kappa shape index (κ3) is 1.37. The molecule has 1 aliphatic heterocycles. The van der Waals surface area contributed by atoms with Gasteiger partial charge in [-0.15, -0.1) is 0 Å². The number of rotatable bonds is 1. The zero-order valence-electron chi connectivity index (χ0n) is 6.92. The third-order valence-corrected chi connectivity index (χ3v) is 2.15. The molecule has 0 aromatic carbocycles. The van der Waals surface area contributed by atoms with Crippen LogP contribution >= 0.6 is 0 Å². The quantitative estimate of drug-likeness (QED) is 0.541. The van der Waals surface area contributed by atoms with Gasteiger partial charge in [-0.05, 0) is 13.8 Å². The number of Topliss-reactive ketones (excluding diaryl/α,β-unsaturated/α-hetero) is 1. The summed E-state index contributed by atoms with van der Waals surface area (Å²) in [6.45, 7) is 7.89. The van der Waals surface area contributed by atoms with E-state index < -0.39 is 0 Å². The lowest BCUT2D eigenvalue weighted by Gasteiger charge is -2.18. The van der Waals surface area contributed by atoms with Crippen molar-refractivity contribution in [2.75, 3.05) is 13.1 Å². The second-order valence-electron chi connectivity index (χ2n) is 3.39. The summed E-state index contributed by atoms with van der Waals surface area (Å²) in [5.41, 5.74) is 0. The molecule has 0 saturated carbocycles. The van der Waals surface area contributed by atoms with Gasteiger partial charge >= 0.3 is 0 Å². The molecule has 0 amide bonds. The van der Waals surface area contributed by atoms with Crippen molar-refractivity contribution in [2.45, 2.75) is 26.8 Å². The molecule has 1 saturated heterocycles. The van der Waals surface area contributed by atoms with Crippen LogP contribution in [0.4, 0.5) is 0 Å². The molecule has 0 aromatic rings. The molecular formula is C8H15NO. The molecule has 10 heavy (non-hydrogen) atoms. The van der Waals surface area contributed by atoms with Gasteiger partial charge < -0.3 is 0 Å². The molecule has 1 atom stereocenters. The van der Waals surface area contributed by atoms with Crippen molar-refractivity contribution >= 4 is 5.78 Å². The van der Waals surface area contributed by atoms with Crippen molar-refractivity contribution in [2.24, 2.45) is 5.92 Å². The monoisotopic (exact) mass is 141 g/mol. The fraction of sp³-hybridized carbons (Fsp3) is 0.875. The van der Waals surface area contributed by atoms with Crippen molar-refractivity contribution in [1.82, 2.24) is 4.90 Å². The average Bonchev–Trinajstić information content (AvgIpc) is 2.13. The maximum absolute atomic E-state index is 11.0. The highest BCUT2D eigenvalue weighted by molar-refractivity contribution is 5.84. The third-order valence-electron chi connectivity index (χ3n) is 2.15. The first-order chi connectivity index (χ1) is 4.61. The van der Waals surface area contributed by atoms with Crippen LogP contribution < -0.4 is 0 Å². The predicted octanol–water partition coefficient (Wildman–Crippen LogP) is 0.916. The summed E-state index contributed by atoms with van der Waals surface area (Å²) in [6, 6.07) is 0.522. The van der Waals surface area contributed by atoms with Gasteiger partial charge in [0.15, 0.2) is 5.78 Å². The first-order valence-electron chi connectivity index (χ1n) is 3.88. The molecule has 0 spiro atoms. The molecule has 2 nitrogen and oxygen atoms in total. The summed E-state index contributed by atoms with van der Waals surface area (Å²) in [5.74, 6) is 0.663. The highest BCUT2D eigenvalue weighted by Gasteiger charge is 2.27. The minimum atomic E-state index is 0.266. The zero-order valence-corrected chi connectivity index (χ0v) is 6.92. The molecule has 2 heteroatoms. The summed E-state index contributed by atoms with van der Waals surface area (Å²) in [6.07, 6.45) is 0. The van der Waals surface area contributed by atoms with Gasteiger partial charge in [-0.2, -0.15) is 0 Å². The van der Waals surface area contributed by atoms with Crippen LogP contribution in [0.1, 0.15) is 20.8 Å². The van der Waals surface area contributed by atoms with Gasteiger partial charge in [0.1, 0.15) is 0 Å². The van der Waals surface area contributed by atoms with Gasteiger partial charge in [0.2, 0.25) is 0 Å². The highest BCUT2D eigenvalue weighted by atomic mass is 16.1. The van der Waals surface area contributed by atoms with E-state index in [-0.39, 0.29) is 5.92 Å². The Kier molecular flexibility index (Phi) is 2.09. The maximum Gasteiger partial charge on any atom is 0.150 e. The lowest BCUT2D eigenvalue weighted by Crippen LogP contribution is -2.28. The van der Waals surface area contributed by atoms with Gasteiger partial charge in [0, 0.05) is 18.5 Å². The highest BCUT2D eigenvalue weighted by Crippen LogP contribution is 2.13. The van der Waals surface area contributed by atoms with Crippen LogP contribution in [0.15, 0.2) is 0 Å². The molecule has 0 radical (unpaired) electrons. The maximum atomic E-state index is 11.0. The van der Waals surface area contributed by atoms with Crippen LogP contribution in [0.2, 0.25) is 0 Å². The van der Waals surface area contributed by atoms with E-state index in [2.05, 4.69) is 18.7 Å². The van der Waals surface area contributed by atoms with Gasteiger partial charge in [-0.25, -0.2) is 0 Å². The number of hydrogen-bond acceptors (Lipinski definition) is 2. The summed E-state index contributed by atoms with van der Waals surface area (Å²) < 4.78 is 0. The van der Waals surface area contributed by atoms with Crippen molar-refractivity contribution in [1.29, 1.82) is 0 Å². The fourth-order valence-electron chi connectivity index (χ4n) is 1.27. The Morgan fingerprint density at radius 3 is 2.40 bits per heavy atom. The normalized spacial score (nSPS) is 28.4. The molecule has 0 bridgehead atoms. The minimum absolute atomic E-state index is 0.266. The molecule has 0 aliphatic carbocycles. The molecule has 1 heterocycles. The largest absolute Gasteiger partial charge is 0.298 e. The Balaban J connectivity index is 2.49. The van der Waals surface area contributed by atoms with Crippen LogP contribution in [-0.4, -0.2) is 29.8 Å². The standard InChI is InChI=1S/C8H15NO/c1-6(2)9-4-7(3)8(10)5-9/h6-7H,4-5H2,1-3H3/t7-/m0/s1. The van der Waals surface area contributed by atoms with Crippen molar-refractivity contribution in [3.63, 3.8) is 0 Å². The minimum Gasteiger partial charge on any atom is -0.298 e. The molecule has 0 unspecified atom stereocenters. The Bertz CT molecular complexity index is 142. The smallest absolute Gasteiger partial charge is 0.150 e. The lowest BCUT2D eigenvalue weighted by atomic mass is 10.1. The average molecular weight is 141 g/mol. The lowest BCUT2D eigenvalue weighted by molar-refractivity contribution is -0.119. The van der Waals surface area contributed by atoms with Crippen LogP contribution in [0.25, 0.3) is 0 Å². The molecular weight excluding hydrogens is 126 g/mol. The van der Waals surface area contributed by atoms with E-state index in [1.54, 1.807) is 0 Å². The molecule has 1 fully saturated rings. The van der Waals surface area contributed by atoms with E-state index in [9.17, 15) is 4.79 Å². The van der Waals surface area contributed by atoms with E-state index in [4.69, 9.17) is 0 Å². The Labute approximate surface area is 62.2 Å². The SMILES string of the molecule is CC(C)N1CC(=O)[C@@H](C)C1. The number of likely N-dealkylation sites (tertiary alicyclic amines) is 1. The van der Waals surface area contributed by atoms with Gasteiger partial charge in [0.25, 0.3) is 0 Å². The van der Waals surface area contributed by atoms with Gasteiger partial charge in [-0.3, -0.25) is 9.69 Å². The Hall–Kier alpha value is -0.370. The second kappa shape index (κ2) is 2.70. The summed E-state index contributed by atoms with van der Waals surface area (Å²) in [4.78, 5) is 13.3. The van der Waals surface area contributed by atoms with Crippen molar-refractivity contribution < 1.29 is 4.79 Å². The summed E-state index contributed by atoms with van der Waals surface area (Å²) in [7, 11) is 0. The first kappa shape index (κ1) is 7.73. The zero-order chi connectivity index (χ0) is 7.72. The fourth-order valence-corrected chi connectivity index (χ4v) is 1.27. The molecule has 58 valence electrons. The predicted molar refractivity (Wildman–Crippen MR) is 40.9 cm³/mol. The van der Waals surface area contributed by atoms with Gasteiger partial charge in [0.05, 0.1) is 6.54 Å². The second-order valence-corrected chi connectivity index (χ2v) is 3.39. The Morgan fingerprint density at radius 1 is 1.60 bits per heavy atom. The van der Waals surface area contributed by atoms with E-state index in [0.717, 1.165) is 6.54 Å². The van der Waals surface area contributed by atoms with Crippen LogP contribution in [0, 0.1) is 5.92 Å². The van der Waals surface area contributed by atoms with E-state index in [1.807, 2.05) is 6.92 Å². The topological polar surface area (TPSA) is 20.3 Å².